The van der Waals surface area contributed by atoms with Gasteiger partial charge in [-0.2, -0.15) is 13.9 Å². The van der Waals surface area contributed by atoms with Crippen molar-refractivity contribution in [2.24, 2.45) is 0 Å². The van der Waals surface area contributed by atoms with Gasteiger partial charge in [0.05, 0.1) is 12.2 Å². The molecule has 12 heteroatoms. The lowest BCUT2D eigenvalue weighted by atomic mass is 10.2. The predicted octanol–water partition coefficient (Wildman–Crippen LogP) is 5.56. The fourth-order valence-electron chi connectivity index (χ4n) is 2.72. The standard InChI is InChI=1S/C19H15F6N3O3/c1-9-2-4-14(31-19(24)25)11(6-9)26-18(29)15-5-3-10(30-15)8-28-13(17(22)23)7-12(27-28)16(20)21/h2-7,16-17,19H,8H2,1H3,(H,26,29). The van der Waals surface area contributed by atoms with Crippen LogP contribution in [0.2, 0.25) is 0 Å². The number of rotatable bonds is 8. The van der Waals surface area contributed by atoms with Crippen LogP contribution in [0.3, 0.4) is 0 Å². The van der Waals surface area contributed by atoms with Crippen LogP contribution in [-0.4, -0.2) is 22.3 Å². The summed E-state index contributed by atoms with van der Waals surface area (Å²) in [5, 5.41) is 5.80. The molecule has 0 aliphatic rings. The minimum Gasteiger partial charge on any atom is -0.454 e. The Bertz CT molecular complexity index is 1060. The van der Waals surface area contributed by atoms with Gasteiger partial charge in [0.15, 0.2) is 5.76 Å². The lowest BCUT2D eigenvalue weighted by Crippen LogP contribution is -2.13. The molecule has 3 aromatic rings. The quantitative estimate of drug-likeness (QED) is 0.459. The maximum absolute atomic E-state index is 13.1. The molecule has 0 saturated carbocycles. The zero-order valence-corrected chi connectivity index (χ0v) is 15.8. The molecule has 0 unspecified atom stereocenters. The van der Waals surface area contributed by atoms with Crippen LogP contribution in [0.25, 0.3) is 0 Å². The number of carbonyl (C=O) groups is 1. The number of hydrogen-bond donors (Lipinski definition) is 1. The highest BCUT2D eigenvalue weighted by Crippen LogP contribution is 2.29. The van der Waals surface area contributed by atoms with Crippen LogP contribution in [0, 0.1) is 6.92 Å². The molecule has 1 amide bonds. The van der Waals surface area contributed by atoms with Crippen LogP contribution in [0.5, 0.6) is 5.75 Å². The Morgan fingerprint density at radius 1 is 1.10 bits per heavy atom. The highest BCUT2D eigenvalue weighted by atomic mass is 19.3. The molecule has 0 radical (unpaired) electrons. The lowest BCUT2D eigenvalue weighted by Gasteiger charge is -2.12. The third kappa shape index (κ3) is 5.38. The molecule has 2 heterocycles. The highest BCUT2D eigenvalue weighted by molar-refractivity contribution is 6.03. The fourth-order valence-corrected chi connectivity index (χ4v) is 2.72. The van der Waals surface area contributed by atoms with E-state index in [0.717, 1.165) is 0 Å². The molecule has 1 N–H and O–H groups in total. The number of carbonyl (C=O) groups excluding carboxylic acids is 1. The van der Waals surface area contributed by atoms with Crippen LogP contribution in [-0.2, 0) is 6.54 Å². The number of aromatic nitrogens is 2. The molecule has 0 atom stereocenters. The SMILES string of the molecule is Cc1ccc(OC(F)F)c(NC(=O)c2ccc(Cn3nc(C(F)F)cc3C(F)F)o2)c1. The zero-order chi connectivity index (χ0) is 22.7. The Kier molecular flexibility index (Phi) is 6.56. The number of ether oxygens (including phenoxy) is 1. The molecule has 0 spiro atoms. The van der Waals surface area contributed by atoms with Gasteiger partial charge in [-0.25, -0.2) is 17.6 Å². The van der Waals surface area contributed by atoms with Gasteiger partial charge in [0.2, 0.25) is 0 Å². The summed E-state index contributed by atoms with van der Waals surface area (Å²) in [6.45, 7) is -1.86. The maximum atomic E-state index is 13.1. The topological polar surface area (TPSA) is 69.3 Å². The molecule has 0 aliphatic carbocycles. The van der Waals surface area contributed by atoms with Crippen molar-refractivity contribution in [1.29, 1.82) is 0 Å². The van der Waals surface area contributed by atoms with Gasteiger partial charge in [-0.15, -0.1) is 0 Å². The number of nitrogens with one attached hydrogen (secondary N) is 1. The minimum atomic E-state index is -3.11. The predicted molar refractivity (Wildman–Crippen MR) is 95.7 cm³/mol. The van der Waals surface area contributed by atoms with E-state index in [4.69, 9.17) is 4.42 Å². The van der Waals surface area contributed by atoms with E-state index in [1.54, 1.807) is 6.92 Å². The van der Waals surface area contributed by atoms with Crippen molar-refractivity contribution < 1.29 is 40.3 Å². The summed E-state index contributed by atoms with van der Waals surface area (Å²) in [4.78, 5) is 12.4. The van der Waals surface area contributed by atoms with Gasteiger partial charge in [-0.1, -0.05) is 6.07 Å². The molecule has 0 bridgehead atoms. The Balaban J connectivity index is 1.78. The lowest BCUT2D eigenvalue weighted by molar-refractivity contribution is -0.0493. The molecular formula is C19H15F6N3O3. The van der Waals surface area contributed by atoms with Gasteiger partial charge >= 0.3 is 6.61 Å². The first-order valence-electron chi connectivity index (χ1n) is 8.73. The molecule has 0 saturated heterocycles. The summed E-state index contributed by atoms with van der Waals surface area (Å²) in [5.41, 5.74) is -0.918. The largest absolute Gasteiger partial charge is 0.454 e. The summed E-state index contributed by atoms with van der Waals surface area (Å²) >= 11 is 0. The minimum absolute atomic E-state index is 0.00994. The molecule has 0 aliphatic heterocycles. The Morgan fingerprint density at radius 3 is 2.48 bits per heavy atom. The molecule has 3 rings (SSSR count). The first kappa shape index (κ1) is 22.2. The van der Waals surface area contributed by atoms with Crippen LogP contribution in [0.15, 0.2) is 40.8 Å². The zero-order valence-electron chi connectivity index (χ0n) is 15.8. The number of alkyl halides is 6. The van der Waals surface area contributed by atoms with Gasteiger partial charge in [0, 0.05) is 0 Å². The number of amides is 1. The molecule has 6 nitrogen and oxygen atoms in total. The number of hydrogen-bond acceptors (Lipinski definition) is 4. The molecule has 0 fully saturated rings. The van der Waals surface area contributed by atoms with Crippen molar-refractivity contribution in [3.05, 3.63) is 64.9 Å². The number of anilines is 1. The van der Waals surface area contributed by atoms with Crippen molar-refractivity contribution in [1.82, 2.24) is 9.78 Å². The second-order valence-corrected chi connectivity index (χ2v) is 6.35. The molecule has 1 aromatic carbocycles. The highest BCUT2D eigenvalue weighted by Gasteiger charge is 2.22. The monoisotopic (exact) mass is 447 g/mol. The van der Waals surface area contributed by atoms with Crippen molar-refractivity contribution in [3.8, 4) is 5.75 Å². The summed E-state index contributed by atoms with van der Waals surface area (Å²) in [6.07, 6.45) is -6.08. The van der Waals surface area contributed by atoms with Crippen molar-refractivity contribution in [2.75, 3.05) is 5.32 Å². The fraction of sp³-hybridized carbons (Fsp3) is 0.263. The van der Waals surface area contributed by atoms with Gasteiger partial charge < -0.3 is 14.5 Å². The van der Waals surface area contributed by atoms with E-state index in [1.165, 1.54) is 30.3 Å². The van der Waals surface area contributed by atoms with Crippen LogP contribution in [0.1, 0.15) is 46.1 Å². The molecule has 166 valence electrons. The van der Waals surface area contributed by atoms with Crippen molar-refractivity contribution >= 4 is 11.6 Å². The maximum Gasteiger partial charge on any atom is 0.387 e. The van der Waals surface area contributed by atoms with Crippen LogP contribution in [0.4, 0.5) is 32.0 Å². The van der Waals surface area contributed by atoms with E-state index in [-0.39, 0.29) is 23.0 Å². The molecular weight excluding hydrogens is 432 g/mol. The third-order valence-electron chi connectivity index (χ3n) is 4.07. The number of halogens is 6. The normalized spacial score (nSPS) is 11.5. The first-order chi connectivity index (χ1) is 14.6. The smallest absolute Gasteiger partial charge is 0.387 e. The van der Waals surface area contributed by atoms with E-state index >= 15 is 0 Å². The second kappa shape index (κ2) is 9.14. The Morgan fingerprint density at radius 2 is 1.84 bits per heavy atom. The molecule has 31 heavy (non-hydrogen) atoms. The average Bonchev–Trinajstić information content (AvgIpc) is 3.31. The number of furan rings is 1. The summed E-state index contributed by atoms with van der Waals surface area (Å²) in [6, 6.07) is 7.26. The number of benzene rings is 1. The number of nitrogens with zero attached hydrogens (tertiary/aromatic N) is 2. The summed E-state index contributed by atoms with van der Waals surface area (Å²) < 4.78 is 87.1. The second-order valence-electron chi connectivity index (χ2n) is 6.35. The van der Waals surface area contributed by atoms with E-state index < -0.39 is 43.3 Å². The first-order valence-corrected chi connectivity index (χ1v) is 8.73. The van der Waals surface area contributed by atoms with E-state index in [1.807, 2.05) is 0 Å². The van der Waals surface area contributed by atoms with E-state index in [9.17, 15) is 31.1 Å². The van der Waals surface area contributed by atoms with Gasteiger partial charge in [-0.05, 0) is 42.8 Å². The van der Waals surface area contributed by atoms with E-state index in [0.29, 0.717) is 16.3 Å². The Hall–Kier alpha value is -3.44. The van der Waals surface area contributed by atoms with Crippen LogP contribution < -0.4 is 10.1 Å². The van der Waals surface area contributed by atoms with E-state index in [2.05, 4.69) is 15.2 Å². The van der Waals surface area contributed by atoms with Crippen molar-refractivity contribution in [3.63, 3.8) is 0 Å². The van der Waals surface area contributed by atoms with Gasteiger partial charge in [0.25, 0.3) is 18.8 Å². The Labute approximate surface area is 171 Å². The average molecular weight is 447 g/mol. The van der Waals surface area contributed by atoms with Crippen LogP contribution >= 0.6 is 0 Å². The molecule has 2 aromatic heterocycles. The van der Waals surface area contributed by atoms with Gasteiger partial charge in [-0.3, -0.25) is 9.48 Å². The van der Waals surface area contributed by atoms with Gasteiger partial charge in [0.1, 0.15) is 22.9 Å². The summed E-state index contributed by atoms with van der Waals surface area (Å²) in [7, 11) is 0. The third-order valence-corrected chi connectivity index (χ3v) is 4.07. The van der Waals surface area contributed by atoms with Crippen molar-refractivity contribution in [2.45, 2.75) is 32.9 Å². The number of aryl methyl sites for hydroxylation is 1. The summed E-state index contributed by atoms with van der Waals surface area (Å²) in [5.74, 6) is -1.36.